The topological polar surface area (TPSA) is 38.8 Å². The molecule has 25 heavy (non-hydrogen) atoms. The van der Waals surface area contributed by atoms with Crippen LogP contribution in [0.3, 0.4) is 0 Å². The van der Waals surface area contributed by atoms with Crippen LogP contribution in [-0.4, -0.2) is 37.1 Å². The Balaban J connectivity index is 1.46. The maximum absolute atomic E-state index is 12.9. The molecule has 2 aromatic carbocycles. The first-order chi connectivity index (χ1) is 12.3. The molecular weight excluding hydrogens is 314 g/mol. The van der Waals surface area contributed by atoms with Crippen molar-refractivity contribution in [2.75, 3.05) is 20.2 Å². The lowest BCUT2D eigenvalue weighted by atomic mass is 9.99. The van der Waals surface area contributed by atoms with Crippen LogP contribution in [-0.2, 0) is 0 Å². The summed E-state index contributed by atoms with van der Waals surface area (Å²) in [6.45, 7) is 1.58. The summed E-state index contributed by atoms with van der Waals surface area (Å²) in [5.41, 5.74) is 0.644. The third-order valence-corrected chi connectivity index (χ3v) is 5.45. The maximum Gasteiger partial charge on any atom is 0.257 e. The molecule has 2 aromatic rings. The van der Waals surface area contributed by atoms with Gasteiger partial charge >= 0.3 is 0 Å². The van der Waals surface area contributed by atoms with E-state index in [1.165, 1.54) is 0 Å². The van der Waals surface area contributed by atoms with Crippen LogP contribution in [0.1, 0.15) is 23.2 Å². The van der Waals surface area contributed by atoms with Crippen LogP contribution >= 0.6 is 0 Å². The molecule has 130 valence electrons. The molecule has 4 rings (SSSR count). The number of fused-ring (bicyclic) bond motifs is 1. The monoisotopic (exact) mass is 337 g/mol. The van der Waals surface area contributed by atoms with Crippen LogP contribution in [0.25, 0.3) is 0 Å². The average Bonchev–Trinajstić information content (AvgIpc) is 3.24. The van der Waals surface area contributed by atoms with Crippen molar-refractivity contribution in [3.63, 3.8) is 0 Å². The Kier molecular flexibility index (Phi) is 4.35. The number of methoxy groups -OCH3 is 1. The largest absolute Gasteiger partial charge is 0.496 e. The van der Waals surface area contributed by atoms with Crippen molar-refractivity contribution < 1.29 is 14.3 Å². The number of para-hydroxylation sites is 2. The highest BCUT2D eigenvalue weighted by Gasteiger charge is 2.45. The molecule has 1 heterocycles. The van der Waals surface area contributed by atoms with E-state index in [-0.39, 0.29) is 12.0 Å². The summed E-state index contributed by atoms with van der Waals surface area (Å²) in [6.07, 6.45) is 2.39. The summed E-state index contributed by atoms with van der Waals surface area (Å²) in [7, 11) is 1.61. The highest BCUT2D eigenvalue weighted by molar-refractivity contribution is 5.97. The Morgan fingerprint density at radius 3 is 2.56 bits per heavy atom. The quantitative estimate of drug-likeness (QED) is 0.855. The number of benzene rings is 2. The Morgan fingerprint density at radius 2 is 1.76 bits per heavy atom. The number of hydrogen-bond donors (Lipinski definition) is 0. The van der Waals surface area contributed by atoms with Gasteiger partial charge in [-0.25, -0.2) is 0 Å². The lowest BCUT2D eigenvalue weighted by Gasteiger charge is -2.22. The van der Waals surface area contributed by atoms with Crippen molar-refractivity contribution in [1.82, 2.24) is 4.90 Å². The highest BCUT2D eigenvalue weighted by atomic mass is 16.5. The summed E-state index contributed by atoms with van der Waals surface area (Å²) in [5.74, 6) is 2.57. The van der Waals surface area contributed by atoms with Gasteiger partial charge in [-0.1, -0.05) is 30.3 Å². The molecule has 2 fully saturated rings. The number of likely N-dealkylation sites (tertiary alicyclic amines) is 1. The van der Waals surface area contributed by atoms with E-state index in [2.05, 4.69) is 0 Å². The van der Waals surface area contributed by atoms with E-state index in [4.69, 9.17) is 9.47 Å². The third kappa shape index (κ3) is 3.09. The second-order valence-corrected chi connectivity index (χ2v) is 6.88. The predicted octanol–water partition coefficient (Wildman–Crippen LogP) is 3.62. The van der Waals surface area contributed by atoms with Crippen LogP contribution in [0.4, 0.5) is 0 Å². The molecule has 1 amide bonds. The third-order valence-electron chi connectivity index (χ3n) is 5.45. The van der Waals surface area contributed by atoms with Crippen LogP contribution in [0.2, 0.25) is 0 Å². The van der Waals surface area contributed by atoms with Gasteiger partial charge in [-0.05, 0) is 43.0 Å². The van der Waals surface area contributed by atoms with Gasteiger partial charge in [0.05, 0.1) is 12.7 Å². The first-order valence-corrected chi connectivity index (χ1v) is 8.90. The molecule has 1 saturated heterocycles. The van der Waals surface area contributed by atoms with Gasteiger partial charge in [0.1, 0.15) is 17.6 Å². The fraction of sp³-hybridized carbons (Fsp3) is 0.381. The van der Waals surface area contributed by atoms with Gasteiger partial charge in [0.15, 0.2) is 0 Å². The zero-order chi connectivity index (χ0) is 17.2. The molecule has 1 aliphatic heterocycles. The molecule has 0 spiro atoms. The fourth-order valence-corrected chi connectivity index (χ4v) is 4.19. The van der Waals surface area contributed by atoms with Crippen LogP contribution < -0.4 is 9.47 Å². The number of nitrogens with zero attached hydrogens (tertiary/aromatic N) is 1. The van der Waals surface area contributed by atoms with Gasteiger partial charge in [-0.15, -0.1) is 0 Å². The fourth-order valence-electron chi connectivity index (χ4n) is 4.19. The SMILES string of the molecule is COc1ccccc1C(=O)N1C[C@@H]2CC[C@H](Oc3ccccc3)[C@@H]2C1. The molecule has 4 heteroatoms. The first-order valence-electron chi connectivity index (χ1n) is 8.90. The molecule has 0 unspecified atom stereocenters. The van der Waals surface area contributed by atoms with Crippen molar-refractivity contribution in [3.8, 4) is 11.5 Å². The van der Waals surface area contributed by atoms with E-state index < -0.39 is 0 Å². The van der Waals surface area contributed by atoms with Crippen LogP contribution in [0.5, 0.6) is 11.5 Å². The van der Waals surface area contributed by atoms with Crippen LogP contribution in [0.15, 0.2) is 54.6 Å². The minimum Gasteiger partial charge on any atom is -0.496 e. The van der Waals surface area contributed by atoms with Crippen molar-refractivity contribution in [3.05, 3.63) is 60.2 Å². The minimum absolute atomic E-state index is 0.0605. The molecule has 4 nitrogen and oxygen atoms in total. The summed E-state index contributed by atoms with van der Waals surface area (Å²) in [6, 6.07) is 17.4. The first kappa shape index (κ1) is 16.0. The lowest BCUT2D eigenvalue weighted by Crippen LogP contribution is -2.32. The Bertz CT molecular complexity index is 746. The van der Waals surface area contributed by atoms with Gasteiger partial charge in [0, 0.05) is 19.0 Å². The summed E-state index contributed by atoms with van der Waals surface area (Å²) in [5, 5.41) is 0. The molecule has 0 N–H and O–H groups in total. The van der Waals surface area contributed by atoms with E-state index in [0.29, 0.717) is 23.1 Å². The van der Waals surface area contributed by atoms with E-state index in [1.807, 2.05) is 59.5 Å². The van der Waals surface area contributed by atoms with Crippen molar-refractivity contribution in [2.45, 2.75) is 18.9 Å². The van der Waals surface area contributed by atoms with Gasteiger partial charge in [-0.3, -0.25) is 4.79 Å². The predicted molar refractivity (Wildman–Crippen MR) is 96.0 cm³/mol. The van der Waals surface area contributed by atoms with E-state index in [1.54, 1.807) is 7.11 Å². The maximum atomic E-state index is 12.9. The summed E-state index contributed by atoms with van der Waals surface area (Å²) >= 11 is 0. The van der Waals surface area contributed by atoms with E-state index in [0.717, 1.165) is 31.7 Å². The molecule has 3 atom stereocenters. The highest BCUT2D eigenvalue weighted by Crippen LogP contribution is 2.40. The second kappa shape index (κ2) is 6.79. The smallest absolute Gasteiger partial charge is 0.257 e. The van der Waals surface area contributed by atoms with Crippen LogP contribution in [0, 0.1) is 11.8 Å². The molecular formula is C21H23NO3. The standard InChI is InChI=1S/C21H23NO3/c1-24-19-10-6-5-9-17(19)21(23)22-13-15-11-12-20(18(15)14-22)25-16-7-3-2-4-8-16/h2-10,15,18,20H,11-14H2,1H3/t15-,18+,20-/m0/s1. The number of carbonyl (C=O) groups excluding carboxylic acids is 1. The number of hydrogen-bond acceptors (Lipinski definition) is 3. The lowest BCUT2D eigenvalue weighted by molar-refractivity contribution is 0.0759. The Labute approximate surface area is 148 Å². The number of carbonyl (C=O) groups is 1. The number of rotatable bonds is 4. The molecule has 1 aliphatic carbocycles. The second-order valence-electron chi connectivity index (χ2n) is 6.88. The normalized spacial score (nSPS) is 24.8. The number of amides is 1. The molecule has 1 saturated carbocycles. The Morgan fingerprint density at radius 1 is 1.00 bits per heavy atom. The summed E-state index contributed by atoms with van der Waals surface area (Å²) < 4.78 is 11.6. The zero-order valence-corrected chi connectivity index (χ0v) is 14.4. The van der Waals surface area contributed by atoms with Crippen molar-refractivity contribution >= 4 is 5.91 Å². The molecule has 0 aromatic heterocycles. The average molecular weight is 337 g/mol. The van der Waals surface area contributed by atoms with Crippen molar-refractivity contribution in [1.29, 1.82) is 0 Å². The molecule has 0 bridgehead atoms. The van der Waals surface area contributed by atoms with E-state index in [9.17, 15) is 4.79 Å². The van der Waals surface area contributed by atoms with Gasteiger partial charge in [0.25, 0.3) is 5.91 Å². The van der Waals surface area contributed by atoms with Crippen molar-refractivity contribution in [2.24, 2.45) is 11.8 Å². The molecule has 2 aliphatic rings. The number of ether oxygens (including phenoxy) is 2. The summed E-state index contributed by atoms with van der Waals surface area (Å²) in [4.78, 5) is 14.9. The molecule has 0 radical (unpaired) electrons. The van der Waals surface area contributed by atoms with Gasteiger partial charge < -0.3 is 14.4 Å². The van der Waals surface area contributed by atoms with Gasteiger partial charge in [0.2, 0.25) is 0 Å². The zero-order valence-electron chi connectivity index (χ0n) is 14.4. The van der Waals surface area contributed by atoms with E-state index >= 15 is 0 Å². The Hall–Kier alpha value is -2.49. The van der Waals surface area contributed by atoms with Gasteiger partial charge in [-0.2, -0.15) is 0 Å². The minimum atomic E-state index is 0.0605.